The van der Waals surface area contributed by atoms with Gasteiger partial charge in [-0.25, -0.2) is 5.43 Å². The molecule has 3 aliphatic heterocycles. The van der Waals surface area contributed by atoms with Gasteiger partial charge in [-0.15, -0.1) is 0 Å². The number of amides is 2. The first kappa shape index (κ1) is 13.5. The Morgan fingerprint density at radius 3 is 3.20 bits per heavy atom. The molecule has 2 saturated heterocycles. The number of hydrazone groups is 1. The molecular formula is C13H20N4O3. The minimum Gasteiger partial charge on any atom is -0.373 e. The van der Waals surface area contributed by atoms with E-state index in [0.717, 1.165) is 19.7 Å². The number of hydrogen-bond donors (Lipinski definition) is 2. The molecule has 0 bridgehead atoms. The Labute approximate surface area is 117 Å². The van der Waals surface area contributed by atoms with E-state index < -0.39 is 0 Å². The summed E-state index contributed by atoms with van der Waals surface area (Å²) in [6.45, 7) is 3.28. The molecule has 3 rings (SSSR count). The quantitative estimate of drug-likeness (QED) is 0.711. The van der Waals surface area contributed by atoms with Crippen LogP contribution in [-0.2, 0) is 14.3 Å². The zero-order chi connectivity index (χ0) is 13.9. The van der Waals surface area contributed by atoms with Crippen molar-refractivity contribution in [2.24, 2.45) is 5.10 Å². The number of carbonyl (C=O) groups excluding carboxylic acids is 2. The number of hydrogen-bond acceptors (Lipinski definition) is 5. The number of fused-ring (bicyclic) bond motifs is 1. The molecule has 0 aromatic carbocycles. The van der Waals surface area contributed by atoms with Crippen molar-refractivity contribution in [2.75, 3.05) is 26.2 Å². The molecule has 0 aromatic rings. The molecule has 0 aliphatic carbocycles. The fourth-order valence-corrected chi connectivity index (χ4v) is 2.96. The van der Waals surface area contributed by atoms with Gasteiger partial charge in [0, 0.05) is 32.0 Å². The summed E-state index contributed by atoms with van der Waals surface area (Å²) in [6, 6.07) is 0.569. The maximum atomic E-state index is 11.9. The van der Waals surface area contributed by atoms with Gasteiger partial charge < -0.3 is 10.1 Å². The summed E-state index contributed by atoms with van der Waals surface area (Å²) in [5.74, 6) is -0.352. The van der Waals surface area contributed by atoms with Gasteiger partial charge in [0.1, 0.15) is 5.71 Å². The SMILES string of the molecule is O=C1CCC(C(=O)NCC2CN3CCCC3CO2)=NN1. The average molecular weight is 280 g/mol. The molecule has 7 nitrogen and oxygen atoms in total. The number of nitrogens with zero attached hydrogens (tertiary/aromatic N) is 2. The topological polar surface area (TPSA) is 83.0 Å². The summed E-state index contributed by atoms with van der Waals surface area (Å²) in [7, 11) is 0. The van der Waals surface area contributed by atoms with Crippen molar-refractivity contribution in [3.63, 3.8) is 0 Å². The third-order valence-corrected chi connectivity index (χ3v) is 4.12. The van der Waals surface area contributed by atoms with Gasteiger partial charge >= 0.3 is 0 Å². The molecule has 0 aromatic heterocycles. The summed E-state index contributed by atoms with van der Waals surface area (Å²) >= 11 is 0. The van der Waals surface area contributed by atoms with E-state index in [1.807, 2.05) is 0 Å². The van der Waals surface area contributed by atoms with E-state index in [2.05, 4.69) is 20.7 Å². The Kier molecular flexibility index (Phi) is 3.98. The second kappa shape index (κ2) is 5.88. The molecule has 3 aliphatic rings. The van der Waals surface area contributed by atoms with Crippen molar-refractivity contribution in [2.45, 2.75) is 37.8 Å². The minimum atomic E-state index is -0.211. The second-order valence-corrected chi connectivity index (χ2v) is 5.55. The highest BCUT2D eigenvalue weighted by Crippen LogP contribution is 2.22. The van der Waals surface area contributed by atoms with Crippen molar-refractivity contribution in [3.05, 3.63) is 0 Å². The standard InChI is InChI=1S/C13H20N4O3/c18-12-4-3-11(15-16-12)13(19)14-6-10-7-17-5-1-2-9(17)8-20-10/h9-10H,1-8H2,(H,14,19)(H,16,18). The summed E-state index contributed by atoms with van der Waals surface area (Å²) in [5, 5.41) is 6.63. The first-order valence-corrected chi connectivity index (χ1v) is 7.21. The zero-order valence-corrected chi connectivity index (χ0v) is 11.4. The van der Waals surface area contributed by atoms with Crippen LogP contribution >= 0.6 is 0 Å². The van der Waals surface area contributed by atoms with Crippen LogP contribution in [0, 0.1) is 0 Å². The van der Waals surface area contributed by atoms with Gasteiger partial charge in [0.05, 0.1) is 12.7 Å². The van der Waals surface area contributed by atoms with E-state index in [-0.39, 0.29) is 17.9 Å². The maximum Gasteiger partial charge on any atom is 0.267 e. The summed E-state index contributed by atoms with van der Waals surface area (Å²) in [6.07, 6.45) is 3.23. The molecule has 2 N–H and O–H groups in total. The zero-order valence-electron chi connectivity index (χ0n) is 11.4. The molecule has 0 spiro atoms. The number of ether oxygens (including phenoxy) is 1. The van der Waals surface area contributed by atoms with Gasteiger partial charge in [0.25, 0.3) is 5.91 Å². The molecular weight excluding hydrogens is 260 g/mol. The molecule has 7 heteroatoms. The van der Waals surface area contributed by atoms with Crippen molar-refractivity contribution in [3.8, 4) is 0 Å². The average Bonchev–Trinajstić information content (AvgIpc) is 2.93. The molecule has 2 amide bonds. The third-order valence-electron chi connectivity index (χ3n) is 4.12. The molecule has 0 saturated carbocycles. The van der Waals surface area contributed by atoms with Crippen LogP contribution in [0.1, 0.15) is 25.7 Å². The van der Waals surface area contributed by atoms with Crippen LogP contribution in [0.5, 0.6) is 0 Å². The monoisotopic (exact) mass is 280 g/mol. The highest BCUT2D eigenvalue weighted by Gasteiger charge is 2.32. The maximum absolute atomic E-state index is 11.9. The van der Waals surface area contributed by atoms with E-state index in [4.69, 9.17) is 4.74 Å². The van der Waals surface area contributed by atoms with Gasteiger partial charge in [-0.3, -0.25) is 14.5 Å². The molecule has 2 unspecified atom stereocenters. The number of morpholine rings is 1. The lowest BCUT2D eigenvalue weighted by Gasteiger charge is -2.35. The molecule has 0 radical (unpaired) electrons. The van der Waals surface area contributed by atoms with Crippen molar-refractivity contribution < 1.29 is 14.3 Å². The molecule has 3 heterocycles. The van der Waals surface area contributed by atoms with Gasteiger partial charge in [-0.1, -0.05) is 0 Å². The number of rotatable bonds is 3. The Morgan fingerprint density at radius 1 is 1.50 bits per heavy atom. The van der Waals surface area contributed by atoms with Crippen LogP contribution in [-0.4, -0.2) is 60.8 Å². The third kappa shape index (κ3) is 2.99. The van der Waals surface area contributed by atoms with Crippen molar-refractivity contribution >= 4 is 17.5 Å². The smallest absolute Gasteiger partial charge is 0.267 e. The lowest BCUT2D eigenvalue weighted by molar-refractivity contribution is -0.121. The summed E-state index contributed by atoms with van der Waals surface area (Å²) in [5.41, 5.74) is 2.72. The number of carbonyl (C=O) groups is 2. The first-order valence-electron chi connectivity index (χ1n) is 7.21. The van der Waals surface area contributed by atoms with E-state index in [1.54, 1.807) is 0 Å². The molecule has 110 valence electrons. The Balaban J connectivity index is 1.45. The molecule has 2 fully saturated rings. The van der Waals surface area contributed by atoms with Crippen LogP contribution in [0.25, 0.3) is 0 Å². The second-order valence-electron chi connectivity index (χ2n) is 5.55. The van der Waals surface area contributed by atoms with Crippen LogP contribution < -0.4 is 10.7 Å². The largest absolute Gasteiger partial charge is 0.373 e. The van der Waals surface area contributed by atoms with Crippen LogP contribution in [0.15, 0.2) is 5.10 Å². The summed E-state index contributed by atoms with van der Waals surface area (Å²) in [4.78, 5) is 25.3. The normalized spacial score (nSPS) is 30.4. The predicted molar refractivity (Wildman–Crippen MR) is 72.2 cm³/mol. The van der Waals surface area contributed by atoms with Crippen LogP contribution in [0.2, 0.25) is 0 Å². The van der Waals surface area contributed by atoms with Gasteiger partial charge in [-0.2, -0.15) is 5.10 Å². The summed E-state index contributed by atoms with van der Waals surface area (Å²) < 4.78 is 5.78. The predicted octanol–water partition coefficient (Wildman–Crippen LogP) is -0.768. The van der Waals surface area contributed by atoms with Crippen molar-refractivity contribution in [1.82, 2.24) is 15.6 Å². The van der Waals surface area contributed by atoms with Crippen LogP contribution in [0.3, 0.4) is 0 Å². The molecule has 2 atom stereocenters. The molecule has 20 heavy (non-hydrogen) atoms. The van der Waals surface area contributed by atoms with Crippen molar-refractivity contribution in [1.29, 1.82) is 0 Å². The van der Waals surface area contributed by atoms with Crippen LogP contribution in [0.4, 0.5) is 0 Å². The number of nitrogens with one attached hydrogen (secondary N) is 2. The highest BCUT2D eigenvalue weighted by atomic mass is 16.5. The Morgan fingerprint density at radius 2 is 2.40 bits per heavy atom. The lowest BCUT2D eigenvalue weighted by atomic mass is 10.1. The van der Waals surface area contributed by atoms with E-state index in [9.17, 15) is 9.59 Å². The fraction of sp³-hybridized carbons (Fsp3) is 0.769. The lowest BCUT2D eigenvalue weighted by Crippen LogP contribution is -2.50. The van der Waals surface area contributed by atoms with E-state index in [0.29, 0.717) is 31.1 Å². The Bertz CT molecular complexity index is 437. The van der Waals surface area contributed by atoms with Gasteiger partial charge in [0.2, 0.25) is 5.91 Å². The van der Waals surface area contributed by atoms with Gasteiger partial charge in [-0.05, 0) is 19.4 Å². The van der Waals surface area contributed by atoms with E-state index >= 15 is 0 Å². The highest BCUT2D eigenvalue weighted by molar-refractivity contribution is 6.39. The Hall–Kier alpha value is -1.47. The fourth-order valence-electron chi connectivity index (χ4n) is 2.96. The van der Waals surface area contributed by atoms with Gasteiger partial charge in [0.15, 0.2) is 0 Å². The minimum absolute atomic E-state index is 0.0482. The first-order chi connectivity index (χ1) is 9.72. The van der Waals surface area contributed by atoms with E-state index in [1.165, 1.54) is 12.8 Å².